The molecule has 0 saturated carbocycles. The Morgan fingerprint density at radius 1 is 1.33 bits per heavy atom. The highest BCUT2D eigenvalue weighted by Gasteiger charge is 2.30. The van der Waals surface area contributed by atoms with Gasteiger partial charge >= 0.3 is 0 Å². The molecule has 1 amide bonds. The van der Waals surface area contributed by atoms with Gasteiger partial charge in [-0.1, -0.05) is 0 Å². The number of carbonyl (C=O) groups is 1. The second-order valence-electron chi connectivity index (χ2n) is 5.60. The van der Waals surface area contributed by atoms with Gasteiger partial charge in [-0.25, -0.2) is 4.98 Å². The highest BCUT2D eigenvalue weighted by molar-refractivity contribution is 5.80. The van der Waals surface area contributed by atoms with Crippen LogP contribution in [0.5, 0.6) is 0 Å². The monoisotopic (exact) mass is 287 g/mol. The lowest BCUT2D eigenvalue weighted by molar-refractivity contribution is -0.138. The molecule has 1 saturated heterocycles. The summed E-state index contributed by atoms with van der Waals surface area (Å²) in [6.45, 7) is 3.54. The number of imidazole rings is 1. The number of piperidine rings is 1. The van der Waals surface area contributed by atoms with Crippen molar-refractivity contribution >= 4 is 5.91 Å². The average Bonchev–Trinajstić information content (AvgIpc) is 3.19. The SMILES string of the molecule is C[C@H](C(=O)N1CCCC[C@H]1Cn1cccn1)n1ccnc1. The van der Waals surface area contributed by atoms with Crippen molar-refractivity contribution < 1.29 is 4.79 Å². The summed E-state index contributed by atoms with van der Waals surface area (Å²) in [6.07, 6.45) is 12.3. The minimum absolute atomic E-state index is 0.171. The third kappa shape index (κ3) is 2.99. The van der Waals surface area contributed by atoms with Crippen LogP contribution < -0.4 is 0 Å². The smallest absolute Gasteiger partial charge is 0.245 e. The van der Waals surface area contributed by atoms with Crippen molar-refractivity contribution in [3.8, 4) is 0 Å². The fraction of sp³-hybridized carbons (Fsp3) is 0.533. The van der Waals surface area contributed by atoms with E-state index in [-0.39, 0.29) is 18.0 Å². The molecule has 1 aliphatic rings. The largest absolute Gasteiger partial charge is 0.336 e. The van der Waals surface area contributed by atoms with Gasteiger partial charge in [-0.2, -0.15) is 5.10 Å². The van der Waals surface area contributed by atoms with E-state index in [1.165, 1.54) is 6.42 Å². The van der Waals surface area contributed by atoms with Crippen LogP contribution in [0.2, 0.25) is 0 Å². The Morgan fingerprint density at radius 3 is 2.95 bits per heavy atom. The molecule has 3 rings (SSSR count). The molecule has 0 radical (unpaired) electrons. The molecule has 0 N–H and O–H groups in total. The van der Waals surface area contributed by atoms with Gasteiger partial charge < -0.3 is 9.47 Å². The molecule has 0 unspecified atom stereocenters. The average molecular weight is 287 g/mol. The summed E-state index contributed by atoms with van der Waals surface area (Å²) in [4.78, 5) is 18.8. The van der Waals surface area contributed by atoms with Crippen LogP contribution in [0.4, 0.5) is 0 Å². The van der Waals surface area contributed by atoms with Crippen LogP contribution in [0.1, 0.15) is 32.2 Å². The van der Waals surface area contributed by atoms with Crippen LogP contribution in [0, 0.1) is 0 Å². The lowest BCUT2D eigenvalue weighted by Gasteiger charge is -2.37. The quantitative estimate of drug-likeness (QED) is 0.860. The maximum absolute atomic E-state index is 12.8. The molecule has 6 nitrogen and oxygen atoms in total. The van der Waals surface area contributed by atoms with Gasteiger partial charge in [-0.3, -0.25) is 9.48 Å². The Bertz CT molecular complexity index is 563. The number of nitrogens with zero attached hydrogens (tertiary/aromatic N) is 5. The highest BCUT2D eigenvalue weighted by Crippen LogP contribution is 2.22. The molecule has 0 spiro atoms. The lowest BCUT2D eigenvalue weighted by atomic mass is 10.0. The van der Waals surface area contributed by atoms with Crippen molar-refractivity contribution in [2.75, 3.05) is 6.54 Å². The molecule has 21 heavy (non-hydrogen) atoms. The normalized spacial score (nSPS) is 20.4. The summed E-state index contributed by atoms with van der Waals surface area (Å²) in [5.41, 5.74) is 0. The van der Waals surface area contributed by atoms with E-state index in [0.29, 0.717) is 0 Å². The molecular formula is C15H21N5O. The fourth-order valence-electron chi connectivity index (χ4n) is 2.97. The number of rotatable bonds is 4. The van der Waals surface area contributed by atoms with Gasteiger partial charge in [0.1, 0.15) is 6.04 Å². The Hall–Kier alpha value is -2.11. The number of amides is 1. The van der Waals surface area contributed by atoms with Crippen molar-refractivity contribution in [3.63, 3.8) is 0 Å². The maximum atomic E-state index is 12.8. The number of carbonyl (C=O) groups excluding carboxylic acids is 1. The van der Waals surface area contributed by atoms with Crippen LogP contribution in [-0.2, 0) is 11.3 Å². The summed E-state index contributed by atoms with van der Waals surface area (Å²) in [5, 5.41) is 4.26. The predicted molar refractivity (Wildman–Crippen MR) is 78.5 cm³/mol. The van der Waals surface area contributed by atoms with E-state index in [1.807, 2.05) is 39.5 Å². The van der Waals surface area contributed by atoms with E-state index in [9.17, 15) is 4.79 Å². The zero-order valence-corrected chi connectivity index (χ0v) is 12.3. The Labute approximate surface area is 124 Å². The van der Waals surface area contributed by atoms with E-state index < -0.39 is 0 Å². The van der Waals surface area contributed by atoms with E-state index in [4.69, 9.17) is 0 Å². The van der Waals surface area contributed by atoms with Gasteiger partial charge in [0.25, 0.3) is 0 Å². The van der Waals surface area contributed by atoms with Gasteiger partial charge in [-0.15, -0.1) is 0 Å². The van der Waals surface area contributed by atoms with Crippen molar-refractivity contribution in [2.24, 2.45) is 0 Å². The third-order valence-corrected chi connectivity index (χ3v) is 4.20. The van der Waals surface area contributed by atoms with Gasteiger partial charge in [-0.05, 0) is 32.3 Å². The first kappa shape index (κ1) is 13.9. The van der Waals surface area contributed by atoms with E-state index in [2.05, 4.69) is 10.1 Å². The topological polar surface area (TPSA) is 56.0 Å². The van der Waals surface area contributed by atoms with Crippen LogP contribution in [-0.4, -0.2) is 42.7 Å². The molecular weight excluding hydrogens is 266 g/mol. The fourth-order valence-corrected chi connectivity index (χ4v) is 2.97. The minimum atomic E-state index is -0.203. The molecule has 2 aromatic rings. The standard InChI is InChI=1S/C15H21N5O/c1-13(18-10-7-16-12-18)15(21)20-9-3-2-5-14(20)11-19-8-4-6-17-19/h4,6-8,10,12-14H,2-3,5,9,11H2,1H3/t13-,14+/m1/s1. The number of hydrogen-bond acceptors (Lipinski definition) is 3. The molecule has 1 fully saturated rings. The molecule has 1 aliphatic heterocycles. The Kier molecular flexibility index (Phi) is 4.03. The van der Waals surface area contributed by atoms with Gasteiger partial charge in [0, 0.05) is 31.3 Å². The molecule has 0 aromatic carbocycles. The number of hydrogen-bond donors (Lipinski definition) is 0. The molecule has 2 atom stereocenters. The molecule has 3 heterocycles. The summed E-state index contributed by atoms with van der Waals surface area (Å²) in [5.74, 6) is 0.171. The summed E-state index contributed by atoms with van der Waals surface area (Å²) < 4.78 is 3.78. The number of aromatic nitrogens is 4. The molecule has 112 valence electrons. The van der Waals surface area contributed by atoms with Crippen LogP contribution in [0.3, 0.4) is 0 Å². The second-order valence-corrected chi connectivity index (χ2v) is 5.60. The first-order valence-electron chi connectivity index (χ1n) is 7.51. The summed E-state index contributed by atoms with van der Waals surface area (Å²) in [6, 6.07) is 1.95. The van der Waals surface area contributed by atoms with E-state index >= 15 is 0 Å². The summed E-state index contributed by atoms with van der Waals surface area (Å²) >= 11 is 0. The van der Waals surface area contributed by atoms with Crippen molar-refractivity contribution in [2.45, 2.75) is 44.8 Å². The molecule has 2 aromatic heterocycles. The Morgan fingerprint density at radius 2 is 2.24 bits per heavy atom. The zero-order valence-electron chi connectivity index (χ0n) is 12.3. The first-order chi connectivity index (χ1) is 10.3. The van der Waals surface area contributed by atoms with E-state index in [1.54, 1.807) is 18.7 Å². The van der Waals surface area contributed by atoms with Crippen molar-refractivity contribution in [3.05, 3.63) is 37.2 Å². The minimum Gasteiger partial charge on any atom is -0.336 e. The lowest BCUT2D eigenvalue weighted by Crippen LogP contribution is -2.48. The van der Waals surface area contributed by atoms with Gasteiger partial charge in [0.05, 0.1) is 18.9 Å². The predicted octanol–water partition coefficient (Wildman–Crippen LogP) is 1.72. The highest BCUT2D eigenvalue weighted by atomic mass is 16.2. The van der Waals surface area contributed by atoms with Crippen LogP contribution in [0.15, 0.2) is 37.2 Å². The van der Waals surface area contributed by atoms with Gasteiger partial charge in [0.2, 0.25) is 5.91 Å². The third-order valence-electron chi connectivity index (χ3n) is 4.20. The zero-order chi connectivity index (χ0) is 14.7. The molecule has 6 heteroatoms. The van der Waals surface area contributed by atoms with Crippen molar-refractivity contribution in [1.82, 2.24) is 24.2 Å². The first-order valence-corrected chi connectivity index (χ1v) is 7.51. The van der Waals surface area contributed by atoms with Crippen LogP contribution in [0.25, 0.3) is 0 Å². The molecule has 0 aliphatic carbocycles. The number of likely N-dealkylation sites (tertiary alicyclic amines) is 1. The molecule has 0 bridgehead atoms. The summed E-state index contributed by atoms with van der Waals surface area (Å²) in [7, 11) is 0. The Balaban J connectivity index is 1.72. The van der Waals surface area contributed by atoms with Gasteiger partial charge in [0.15, 0.2) is 0 Å². The second kappa shape index (κ2) is 6.11. The van der Waals surface area contributed by atoms with E-state index in [0.717, 1.165) is 25.9 Å². The maximum Gasteiger partial charge on any atom is 0.245 e. The van der Waals surface area contributed by atoms with Crippen molar-refractivity contribution in [1.29, 1.82) is 0 Å². The van der Waals surface area contributed by atoms with Crippen LogP contribution >= 0.6 is 0 Å².